The molecular formula is C11H16N4O2. The lowest BCUT2D eigenvalue weighted by Gasteiger charge is -2.34. The third-order valence-corrected chi connectivity index (χ3v) is 2.88. The molecular weight excluding hydrogens is 220 g/mol. The van der Waals surface area contributed by atoms with E-state index in [1.807, 2.05) is 11.0 Å². The summed E-state index contributed by atoms with van der Waals surface area (Å²) in [6.45, 7) is 4.66. The Morgan fingerprint density at radius 3 is 2.41 bits per heavy atom. The summed E-state index contributed by atoms with van der Waals surface area (Å²) in [5, 5.41) is 8.02. The number of aromatic nitrogens is 2. The largest absolute Gasteiger partial charge is 0.480 e. The zero-order valence-corrected chi connectivity index (χ0v) is 10.1. The predicted molar refractivity (Wildman–Crippen MR) is 63.1 cm³/mol. The Balaban J connectivity index is 1.97. The third-order valence-electron chi connectivity index (χ3n) is 2.88. The Labute approximate surface area is 100 Å². The molecule has 0 N–H and O–H groups in total. The van der Waals surface area contributed by atoms with E-state index in [4.69, 9.17) is 4.74 Å². The van der Waals surface area contributed by atoms with Gasteiger partial charge in [0.1, 0.15) is 0 Å². The second kappa shape index (κ2) is 4.99. The van der Waals surface area contributed by atoms with Crippen LogP contribution in [0, 0.1) is 0 Å². The van der Waals surface area contributed by atoms with Gasteiger partial charge in [-0.2, -0.15) is 0 Å². The quantitative estimate of drug-likeness (QED) is 0.731. The van der Waals surface area contributed by atoms with Gasteiger partial charge in [-0.05, 0) is 6.07 Å². The Morgan fingerprint density at radius 2 is 1.94 bits per heavy atom. The predicted octanol–water partition coefficient (Wildman–Crippen LogP) is 0.154. The van der Waals surface area contributed by atoms with Crippen molar-refractivity contribution in [3.05, 3.63) is 12.1 Å². The van der Waals surface area contributed by atoms with E-state index in [1.165, 1.54) is 0 Å². The highest BCUT2D eigenvalue weighted by molar-refractivity contribution is 5.73. The molecule has 92 valence electrons. The summed E-state index contributed by atoms with van der Waals surface area (Å²) in [5.74, 6) is 1.47. The Hall–Kier alpha value is -1.85. The molecule has 6 heteroatoms. The molecule has 1 aromatic heterocycles. The summed E-state index contributed by atoms with van der Waals surface area (Å²) in [6.07, 6.45) is 0. The van der Waals surface area contributed by atoms with Crippen molar-refractivity contribution in [1.82, 2.24) is 15.1 Å². The smallest absolute Gasteiger partial charge is 0.233 e. The van der Waals surface area contributed by atoms with Gasteiger partial charge in [0.15, 0.2) is 5.82 Å². The van der Waals surface area contributed by atoms with Crippen LogP contribution in [0.15, 0.2) is 12.1 Å². The fraction of sp³-hybridized carbons (Fsp3) is 0.545. The molecule has 0 radical (unpaired) electrons. The van der Waals surface area contributed by atoms with Crippen molar-refractivity contribution < 1.29 is 9.53 Å². The van der Waals surface area contributed by atoms with E-state index in [0.29, 0.717) is 5.88 Å². The highest BCUT2D eigenvalue weighted by Gasteiger charge is 2.19. The first-order chi connectivity index (χ1) is 8.20. The molecule has 0 saturated carbocycles. The number of piperazine rings is 1. The average molecular weight is 236 g/mol. The average Bonchev–Trinajstić information content (AvgIpc) is 2.39. The maximum atomic E-state index is 11.2. The van der Waals surface area contributed by atoms with E-state index in [1.54, 1.807) is 20.1 Å². The molecule has 1 aromatic rings. The number of rotatable bonds is 2. The molecule has 2 heterocycles. The van der Waals surface area contributed by atoms with Gasteiger partial charge in [0.2, 0.25) is 11.8 Å². The highest BCUT2D eigenvalue weighted by Crippen LogP contribution is 2.14. The van der Waals surface area contributed by atoms with Crippen LogP contribution in [0.1, 0.15) is 6.92 Å². The number of carbonyl (C=O) groups excluding carboxylic acids is 1. The van der Waals surface area contributed by atoms with Gasteiger partial charge in [0.25, 0.3) is 0 Å². The van der Waals surface area contributed by atoms with E-state index >= 15 is 0 Å². The van der Waals surface area contributed by atoms with E-state index in [-0.39, 0.29) is 5.91 Å². The van der Waals surface area contributed by atoms with Crippen LogP contribution in [0.4, 0.5) is 5.82 Å². The van der Waals surface area contributed by atoms with Crippen LogP contribution < -0.4 is 9.64 Å². The lowest BCUT2D eigenvalue weighted by Crippen LogP contribution is -2.48. The molecule has 1 aliphatic rings. The lowest BCUT2D eigenvalue weighted by atomic mass is 10.3. The summed E-state index contributed by atoms with van der Waals surface area (Å²) in [6, 6.07) is 3.68. The van der Waals surface area contributed by atoms with Crippen molar-refractivity contribution >= 4 is 11.7 Å². The molecule has 0 spiro atoms. The molecule has 2 rings (SSSR count). The van der Waals surface area contributed by atoms with Crippen LogP contribution >= 0.6 is 0 Å². The minimum atomic E-state index is 0.130. The number of carbonyl (C=O) groups is 1. The number of hydrogen-bond donors (Lipinski definition) is 0. The van der Waals surface area contributed by atoms with Gasteiger partial charge < -0.3 is 14.5 Å². The van der Waals surface area contributed by atoms with E-state index in [2.05, 4.69) is 15.1 Å². The molecule has 0 aromatic carbocycles. The van der Waals surface area contributed by atoms with Crippen molar-refractivity contribution in [2.24, 2.45) is 0 Å². The van der Waals surface area contributed by atoms with Crippen molar-refractivity contribution in [2.75, 3.05) is 38.2 Å². The van der Waals surface area contributed by atoms with Gasteiger partial charge in [-0.15, -0.1) is 10.2 Å². The minimum Gasteiger partial charge on any atom is -0.480 e. The molecule has 1 amide bonds. The van der Waals surface area contributed by atoms with Crippen LogP contribution in [0.3, 0.4) is 0 Å². The number of methoxy groups -OCH3 is 1. The second-order valence-electron chi connectivity index (χ2n) is 3.93. The maximum absolute atomic E-state index is 11.2. The molecule has 0 bridgehead atoms. The zero-order chi connectivity index (χ0) is 12.3. The number of nitrogens with zero attached hydrogens (tertiary/aromatic N) is 4. The standard InChI is InChI=1S/C11H16N4O2/c1-9(16)14-5-7-15(8-6-14)10-3-4-11(17-2)13-12-10/h3-4H,5-8H2,1-2H3. The maximum Gasteiger partial charge on any atom is 0.233 e. The van der Waals surface area contributed by atoms with Gasteiger partial charge in [-0.3, -0.25) is 4.79 Å². The Morgan fingerprint density at radius 1 is 1.24 bits per heavy atom. The van der Waals surface area contributed by atoms with Crippen molar-refractivity contribution in [2.45, 2.75) is 6.92 Å². The van der Waals surface area contributed by atoms with Gasteiger partial charge in [-0.25, -0.2) is 0 Å². The van der Waals surface area contributed by atoms with Crippen LogP contribution in [-0.4, -0.2) is 54.3 Å². The van der Waals surface area contributed by atoms with Gasteiger partial charge in [-0.1, -0.05) is 0 Å². The molecule has 1 saturated heterocycles. The van der Waals surface area contributed by atoms with Crippen LogP contribution in [0.5, 0.6) is 5.88 Å². The normalized spacial score (nSPS) is 15.9. The molecule has 0 aliphatic carbocycles. The molecule has 0 atom stereocenters. The van der Waals surface area contributed by atoms with Gasteiger partial charge in [0, 0.05) is 39.2 Å². The highest BCUT2D eigenvalue weighted by atomic mass is 16.5. The third kappa shape index (κ3) is 2.64. The van der Waals surface area contributed by atoms with Crippen LogP contribution in [0.25, 0.3) is 0 Å². The topological polar surface area (TPSA) is 58.6 Å². The summed E-state index contributed by atoms with van der Waals surface area (Å²) in [5.41, 5.74) is 0. The van der Waals surface area contributed by atoms with E-state index in [0.717, 1.165) is 32.0 Å². The first-order valence-corrected chi connectivity index (χ1v) is 5.59. The second-order valence-corrected chi connectivity index (χ2v) is 3.93. The number of amides is 1. The lowest BCUT2D eigenvalue weighted by molar-refractivity contribution is -0.129. The van der Waals surface area contributed by atoms with Crippen molar-refractivity contribution in [3.8, 4) is 5.88 Å². The molecule has 0 unspecified atom stereocenters. The summed E-state index contributed by atoms with van der Waals surface area (Å²) in [7, 11) is 1.56. The summed E-state index contributed by atoms with van der Waals surface area (Å²) >= 11 is 0. The first kappa shape index (κ1) is 11.6. The summed E-state index contributed by atoms with van der Waals surface area (Å²) in [4.78, 5) is 15.1. The van der Waals surface area contributed by atoms with Crippen LogP contribution in [0.2, 0.25) is 0 Å². The zero-order valence-electron chi connectivity index (χ0n) is 10.1. The Bertz CT molecular complexity index is 385. The molecule has 6 nitrogen and oxygen atoms in total. The van der Waals surface area contributed by atoms with Gasteiger partial charge >= 0.3 is 0 Å². The molecule has 1 aliphatic heterocycles. The SMILES string of the molecule is COc1ccc(N2CCN(C(C)=O)CC2)nn1. The van der Waals surface area contributed by atoms with Gasteiger partial charge in [0.05, 0.1) is 7.11 Å². The Kier molecular flexibility index (Phi) is 3.41. The molecule has 1 fully saturated rings. The number of ether oxygens (including phenoxy) is 1. The minimum absolute atomic E-state index is 0.130. The van der Waals surface area contributed by atoms with Crippen LogP contribution in [-0.2, 0) is 4.79 Å². The fourth-order valence-electron chi connectivity index (χ4n) is 1.84. The summed E-state index contributed by atoms with van der Waals surface area (Å²) < 4.78 is 4.96. The molecule has 17 heavy (non-hydrogen) atoms. The number of hydrogen-bond acceptors (Lipinski definition) is 5. The van der Waals surface area contributed by atoms with E-state index < -0.39 is 0 Å². The van der Waals surface area contributed by atoms with E-state index in [9.17, 15) is 4.79 Å². The monoisotopic (exact) mass is 236 g/mol. The fourth-order valence-corrected chi connectivity index (χ4v) is 1.84. The first-order valence-electron chi connectivity index (χ1n) is 5.59. The van der Waals surface area contributed by atoms with Crippen molar-refractivity contribution in [3.63, 3.8) is 0 Å². The number of anilines is 1. The van der Waals surface area contributed by atoms with Crippen molar-refractivity contribution in [1.29, 1.82) is 0 Å².